The van der Waals surface area contributed by atoms with E-state index in [2.05, 4.69) is 43.5 Å². The lowest BCUT2D eigenvalue weighted by Gasteiger charge is -2.40. The Morgan fingerprint density at radius 2 is 1.82 bits per heavy atom. The second-order valence-electron chi connectivity index (χ2n) is 7.56. The maximum atomic E-state index is 13.2. The molecule has 0 aliphatic carbocycles. The number of fused-ring (bicyclic) bond motifs is 3. The fraction of sp³-hybridized carbons (Fsp3) is 0.381. The van der Waals surface area contributed by atoms with E-state index in [0.717, 1.165) is 17.1 Å². The molecule has 3 amide bonds. The van der Waals surface area contributed by atoms with E-state index in [9.17, 15) is 9.59 Å². The largest absolute Gasteiger partial charge is 0.328 e. The minimum Gasteiger partial charge on any atom is -0.302 e. The summed E-state index contributed by atoms with van der Waals surface area (Å²) in [6, 6.07) is 5.39. The first-order valence-corrected chi connectivity index (χ1v) is 9.39. The van der Waals surface area contributed by atoms with E-state index in [4.69, 9.17) is 4.99 Å². The number of aliphatic imine (C=N–C) groups is 1. The van der Waals surface area contributed by atoms with Crippen LogP contribution in [0.25, 0.3) is 0 Å². The van der Waals surface area contributed by atoms with Gasteiger partial charge in [0.2, 0.25) is 5.96 Å². The summed E-state index contributed by atoms with van der Waals surface area (Å²) in [6.07, 6.45) is 1.04. The molecule has 0 aromatic heterocycles. The van der Waals surface area contributed by atoms with Gasteiger partial charge in [-0.05, 0) is 51.0 Å². The average molecular weight is 379 g/mol. The molecule has 1 saturated heterocycles. The second kappa shape index (κ2) is 6.22. The Labute approximate surface area is 165 Å². The number of imide groups is 1. The van der Waals surface area contributed by atoms with Gasteiger partial charge in [-0.2, -0.15) is 0 Å². The summed E-state index contributed by atoms with van der Waals surface area (Å²) in [5, 5.41) is 0. The van der Waals surface area contributed by atoms with Gasteiger partial charge in [0.15, 0.2) is 12.2 Å². The monoisotopic (exact) mass is 379 g/mol. The Morgan fingerprint density at radius 3 is 2.46 bits per heavy atom. The Balaban J connectivity index is 1.79. The predicted octanol–water partition coefficient (Wildman–Crippen LogP) is 2.82. The molecule has 2 unspecified atom stereocenters. The van der Waals surface area contributed by atoms with Gasteiger partial charge in [0.1, 0.15) is 0 Å². The smallest absolute Gasteiger partial charge is 0.302 e. The molecule has 0 saturated carbocycles. The zero-order valence-electron chi connectivity index (χ0n) is 16.9. The van der Waals surface area contributed by atoms with Crippen molar-refractivity contribution in [2.75, 3.05) is 18.5 Å². The van der Waals surface area contributed by atoms with Gasteiger partial charge in [0.05, 0.1) is 0 Å². The maximum Gasteiger partial charge on any atom is 0.328 e. The second-order valence-corrected chi connectivity index (χ2v) is 7.56. The van der Waals surface area contributed by atoms with Crippen molar-refractivity contribution in [3.8, 4) is 0 Å². The number of benzene rings is 1. The summed E-state index contributed by atoms with van der Waals surface area (Å²) >= 11 is 0. The summed E-state index contributed by atoms with van der Waals surface area (Å²) in [6.45, 7) is 12.1. The number of urea groups is 1. The number of allylic oxidation sites excluding steroid dienone is 2. The number of likely N-dealkylation sites (N-methyl/N-ethyl adjacent to an activating group) is 1. The highest BCUT2D eigenvalue weighted by Crippen LogP contribution is 2.40. The molecular weight excluding hydrogens is 354 g/mol. The molecule has 0 N–H and O–H groups in total. The minimum atomic E-state index is -0.552. The van der Waals surface area contributed by atoms with E-state index in [1.165, 1.54) is 16.0 Å². The van der Waals surface area contributed by atoms with Crippen LogP contribution in [0.2, 0.25) is 0 Å². The molecule has 0 radical (unpaired) electrons. The molecule has 1 aromatic rings. The topological polar surface area (TPSA) is 59.5 Å². The van der Waals surface area contributed by atoms with Crippen LogP contribution >= 0.6 is 0 Å². The van der Waals surface area contributed by atoms with Gasteiger partial charge in [-0.3, -0.25) is 19.5 Å². The van der Waals surface area contributed by atoms with Crippen LogP contribution in [0.1, 0.15) is 25.0 Å². The van der Waals surface area contributed by atoms with Crippen LogP contribution < -0.4 is 4.90 Å². The number of guanidine groups is 1. The molecule has 0 bridgehead atoms. The van der Waals surface area contributed by atoms with Crippen molar-refractivity contribution in [1.82, 2.24) is 14.7 Å². The molecular formula is C21H25N5O2. The van der Waals surface area contributed by atoms with Crippen LogP contribution in [0.4, 0.5) is 10.5 Å². The highest BCUT2D eigenvalue weighted by atomic mass is 16.2. The van der Waals surface area contributed by atoms with Crippen molar-refractivity contribution in [3.63, 3.8) is 0 Å². The van der Waals surface area contributed by atoms with Crippen LogP contribution in [0.5, 0.6) is 0 Å². The molecule has 3 aliphatic rings. The zero-order valence-corrected chi connectivity index (χ0v) is 16.9. The minimum absolute atomic E-state index is 0.191. The lowest BCUT2D eigenvalue weighted by Crippen LogP contribution is -2.64. The maximum absolute atomic E-state index is 13.2. The van der Waals surface area contributed by atoms with Crippen molar-refractivity contribution < 1.29 is 9.59 Å². The zero-order chi connectivity index (χ0) is 20.3. The number of hydrogen-bond donors (Lipinski definition) is 0. The normalized spacial score (nSPS) is 24.1. The standard InChI is InChI=1S/C21H25N5O2/c1-7-10-24-19(27)17-18(23(6)21(24)28)22-20-25(14(4)15(5)26(17)20)16-9-8-12(2)13(3)11-16/h7-9,11,17-18H,1,10H2,2-6H3. The first-order chi connectivity index (χ1) is 13.3. The molecule has 2 atom stereocenters. The summed E-state index contributed by atoms with van der Waals surface area (Å²) in [5.74, 6) is 0.461. The summed E-state index contributed by atoms with van der Waals surface area (Å²) < 4.78 is 0. The number of carbonyl (C=O) groups is 2. The Morgan fingerprint density at radius 1 is 1.11 bits per heavy atom. The number of rotatable bonds is 3. The van der Waals surface area contributed by atoms with Gasteiger partial charge >= 0.3 is 6.03 Å². The van der Waals surface area contributed by atoms with E-state index in [0.29, 0.717) is 5.96 Å². The highest BCUT2D eigenvalue weighted by Gasteiger charge is 2.55. The van der Waals surface area contributed by atoms with Crippen LogP contribution in [0.3, 0.4) is 0 Å². The predicted molar refractivity (Wildman–Crippen MR) is 109 cm³/mol. The van der Waals surface area contributed by atoms with Crippen molar-refractivity contribution in [3.05, 3.63) is 53.4 Å². The fourth-order valence-corrected chi connectivity index (χ4v) is 4.08. The molecule has 4 rings (SSSR count). The number of carbonyl (C=O) groups excluding carboxylic acids is 2. The number of aryl methyl sites for hydroxylation is 2. The molecule has 1 fully saturated rings. The van der Waals surface area contributed by atoms with Crippen LogP contribution in [0, 0.1) is 13.8 Å². The quantitative estimate of drug-likeness (QED) is 0.758. The summed E-state index contributed by atoms with van der Waals surface area (Å²) in [7, 11) is 1.70. The molecule has 0 spiro atoms. The molecule has 1 aromatic carbocycles. The van der Waals surface area contributed by atoms with Gasteiger partial charge in [-0.1, -0.05) is 12.1 Å². The number of nitrogens with zero attached hydrogens (tertiary/aromatic N) is 5. The van der Waals surface area contributed by atoms with Crippen LogP contribution in [0.15, 0.2) is 47.2 Å². The molecule has 3 aliphatic heterocycles. The van der Waals surface area contributed by atoms with Crippen molar-refractivity contribution in [1.29, 1.82) is 0 Å². The van der Waals surface area contributed by atoms with Gasteiger partial charge in [-0.25, -0.2) is 9.79 Å². The molecule has 28 heavy (non-hydrogen) atoms. The third-order valence-corrected chi connectivity index (χ3v) is 5.95. The number of hydrogen-bond acceptors (Lipinski definition) is 5. The first-order valence-electron chi connectivity index (χ1n) is 9.39. The van der Waals surface area contributed by atoms with Gasteiger partial charge < -0.3 is 4.90 Å². The van der Waals surface area contributed by atoms with E-state index >= 15 is 0 Å². The lowest BCUT2D eigenvalue weighted by atomic mass is 10.1. The molecule has 7 nitrogen and oxygen atoms in total. The van der Waals surface area contributed by atoms with Crippen molar-refractivity contribution in [2.24, 2.45) is 4.99 Å². The summed E-state index contributed by atoms with van der Waals surface area (Å²) in [4.78, 5) is 37.4. The number of amides is 3. The van der Waals surface area contributed by atoms with E-state index < -0.39 is 12.2 Å². The first kappa shape index (κ1) is 18.3. The van der Waals surface area contributed by atoms with Gasteiger partial charge in [0.25, 0.3) is 5.91 Å². The third-order valence-electron chi connectivity index (χ3n) is 5.95. The number of anilines is 1. The van der Waals surface area contributed by atoms with Crippen LogP contribution in [-0.2, 0) is 4.79 Å². The SMILES string of the molecule is C=CCN1C(=O)C2C(N=C3N(c4ccc(C)c(C)c4)C(C)=C(C)N32)N(C)C1=O. The lowest BCUT2D eigenvalue weighted by molar-refractivity contribution is -0.136. The third kappa shape index (κ3) is 2.32. The van der Waals surface area contributed by atoms with Crippen molar-refractivity contribution in [2.45, 2.75) is 39.9 Å². The van der Waals surface area contributed by atoms with Crippen molar-refractivity contribution >= 4 is 23.6 Å². The Kier molecular flexibility index (Phi) is 4.06. The molecule has 3 heterocycles. The Bertz CT molecular complexity index is 964. The average Bonchev–Trinajstić information content (AvgIpc) is 3.16. The van der Waals surface area contributed by atoms with E-state index in [1.807, 2.05) is 18.7 Å². The molecule has 7 heteroatoms. The fourth-order valence-electron chi connectivity index (χ4n) is 4.08. The summed E-state index contributed by atoms with van der Waals surface area (Å²) in [5.41, 5.74) is 5.42. The van der Waals surface area contributed by atoms with Crippen LogP contribution in [-0.4, -0.2) is 58.4 Å². The van der Waals surface area contributed by atoms with Gasteiger partial charge in [0, 0.05) is 30.7 Å². The highest BCUT2D eigenvalue weighted by molar-refractivity contribution is 6.10. The Hall–Kier alpha value is -3.09. The van der Waals surface area contributed by atoms with E-state index in [-0.39, 0.29) is 18.5 Å². The molecule has 146 valence electrons. The van der Waals surface area contributed by atoms with E-state index in [1.54, 1.807) is 18.0 Å². The van der Waals surface area contributed by atoms with Gasteiger partial charge in [-0.15, -0.1) is 6.58 Å².